The fraction of sp³-hybridized carbons (Fsp3) is 0.250. The molecule has 0 aliphatic rings. The van der Waals surface area contributed by atoms with Gasteiger partial charge >= 0.3 is 0 Å². The van der Waals surface area contributed by atoms with Crippen LogP contribution in [0.15, 0.2) is 53.4 Å². The van der Waals surface area contributed by atoms with Crippen LogP contribution in [0.25, 0.3) is 6.08 Å². The second-order valence-electron chi connectivity index (χ2n) is 5.77. The zero-order valence-electron chi connectivity index (χ0n) is 15.1. The summed E-state index contributed by atoms with van der Waals surface area (Å²) in [4.78, 5) is -0.393. The van der Waals surface area contributed by atoms with Crippen LogP contribution in [0.4, 0.5) is 0 Å². The van der Waals surface area contributed by atoms with Crippen LogP contribution >= 0.6 is 0 Å². The van der Waals surface area contributed by atoms with E-state index in [4.69, 9.17) is 4.74 Å². The molecule has 2 rings (SSSR count). The maximum atomic E-state index is 12.4. The molecule has 0 radical (unpaired) electrons. The predicted molar refractivity (Wildman–Crippen MR) is 105 cm³/mol. The number of nitriles is 1. The summed E-state index contributed by atoms with van der Waals surface area (Å²) in [6, 6.07) is 15.9. The lowest BCUT2D eigenvalue weighted by atomic mass is 10.1. The van der Waals surface area contributed by atoms with Crippen LogP contribution < -0.4 is 9.46 Å². The van der Waals surface area contributed by atoms with Gasteiger partial charge in [-0.1, -0.05) is 36.4 Å². The van der Waals surface area contributed by atoms with E-state index in [-0.39, 0.29) is 18.0 Å². The number of aromatic hydroxyl groups is 1. The van der Waals surface area contributed by atoms with Crippen LogP contribution in [0.1, 0.15) is 24.5 Å². The molecule has 2 aromatic rings. The number of hydrogen-bond donors (Lipinski definition) is 2. The molecule has 0 amide bonds. The van der Waals surface area contributed by atoms with Crippen molar-refractivity contribution < 1.29 is 18.3 Å². The van der Waals surface area contributed by atoms with Gasteiger partial charge in [-0.2, -0.15) is 5.26 Å². The highest BCUT2D eigenvalue weighted by molar-refractivity contribution is 7.93. The number of nitrogens with zero attached hydrogens (tertiary/aromatic N) is 1. The van der Waals surface area contributed by atoms with Crippen molar-refractivity contribution in [3.63, 3.8) is 0 Å². The maximum Gasteiger partial charge on any atom is 0.250 e. The Bertz CT molecular complexity index is 932. The van der Waals surface area contributed by atoms with Gasteiger partial charge in [-0.05, 0) is 49.1 Å². The van der Waals surface area contributed by atoms with Crippen molar-refractivity contribution in [2.45, 2.75) is 19.8 Å². The molecule has 0 unspecified atom stereocenters. The molecule has 7 heteroatoms. The third-order valence-electron chi connectivity index (χ3n) is 3.76. The van der Waals surface area contributed by atoms with Gasteiger partial charge in [-0.25, -0.2) is 13.1 Å². The van der Waals surface area contributed by atoms with Gasteiger partial charge < -0.3 is 9.84 Å². The van der Waals surface area contributed by atoms with Crippen molar-refractivity contribution in [3.8, 4) is 17.6 Å². The average Bonchev–Trinajstić information content (AvgIpc) is 2.66. The molecule has 142 valence electrons. The number of ether oxygens (including phenoxy) is 1. The molecular formula is C20H22N2O4S. The topological polar surface area (TPSA) is 99.4 Å². The Balaban J connectivity index is 2.05. The van der Waals surface area contributed by atoms with E-state index in [9.17, 15) is 18.8 Å². The Morgan fingerprint density at radius 2 is 2.00 bits per heavy atom. The zero-order chi connectivity index (χ0) is 19.7. The molecule has 0 saturated carbocycles. The Hall–Kier alpha value is -2.82. The number of rotatable bonds is 9. The second kappa shape index (κ2) is 9.76. The molecule has 0 aliphatic heterocycles. The van der Waals surface area contributed by atoms with Gasteiger partial charge in [0.2, 0.25) is 0 Å². The summed E-state index contributed by atoms with van der Waals surface area (Å²) < 4.78 is 32.5. The summed E-state index contributed by atoms with van der Waals surface area (Å²) in [5.41, 5.74) is 1.57. The van der Waals surface area contributed by atoms with Crippen molar-refractivity contribution in [1.29, 1.82) is 5.26 Å². The first-order chi connectivity index (χ1) is 13.0. The third kappa shape index (κ3) is 6.13. The van der Waals surface area contributed by atoms with Crippen molar-refractivity contribution in [1.82, 2.24) is 4.72 Å². The van der Waals surface area contributed by atoms with E-state index in [1.54, 1.807) is 13.0 Å². The Kier molecular flexibility index (Phi) is 7.41. The number of phenols is 1. The standard InChI is InChI=1S/C20H22N2O4S/c1-2-26-20-14-17(10-11-19(20)23)13-18(15-21)27(24,25)22-12-6-9-16-7-4-3-5-8-16/h3-5,7-8,10-11,13-14,22-23H,2,6,9,12H2,1H3/b18-13+. The molecule has 6 nitrogen and oxygen atoms in total. The largest absolute Gasteiger partial charge is 0.504 e. The highest BCUT2D eigenvalue weighted by Crippen LogP contribution is 2.28. The lowest BCUT2D eigenvalue weighted by Crippen LogP contribution is -2.26. The molecule has 0 bridgehead atoms. The van der Waals surface area contributed by atoms with Gasteiger partial charge in [0.05, 0.1) is 6.61 Å². The van der Waals surface area contributed by atoms with Gasteiger partial charge in [-0.15, -0.1) is 0 Å². The highest BCUT2D eigenvalue weighted by Gasteiger charge is 2.17. The quantitative estimate of drug-likeness (QED) is 0.509. The number of aryl methyl sites for hydroxylation is 1. The number of hydrogen-bond acceptors (Lipinski definition) is 5. The van der Waals surface area contributed by atoms with Crippen LogP contribution in [0.5, 0.6) is 11.5 Å². The summed E-state index contributed by atoms with van der Waals surface area (Å²) in [5, 5.41) is 19.0. The molecule has 0 fully saturated rings. The van der Waals surface area contributed by atoms with Crippen LogP contribution in [-0.4, -0.2) is 26.7 Å². The monoisotopic (exact) mass is 386 g/mol. The molecule has 0 spiro atoms. The number of benzene rings is 2. The Morgan fingerprint density at radius 1 is 1.26 bits per heavy atom. The Labute approximate surface area is 159 Å². The summed E-state index contributed by atoms with van der Waals surface area (Å²) in [6.07, 6.45) is 2.61. The zero-order valence-corrected chi connectivity index (χ0v) is 15.9. The lowest BCUT2D eigenvalue weighted by molar-refractivity contribution is 0.318. The molecule has 0 saturated heterocycles. The second-order valence-corrected chi connectivity index (χ2v) is 7.50. The smallest absolute Gasteiger partial charge is 0.250 e. The van der Waals surface area contributed by atoms with Crippen LogP contribution in [0, 0.1) is 11.3 Å². The van der Waals surface area contributed by atoms with E-state index in [0.29, 0.717) is 18.6 Å². The molecule has 0 heterocycles. The van der Waals surface area contributed by atoms with E-state index in [0.717, 1.165) is 12.0 Å². The molecule has 0 aliphatic carbocycles. The van der Waals surface area contributed by atoms with Crippen LogP contribution in [0.3, 0.4) is 0 Å². The fourth-order valence-electron chi connectivity index (χ4n) is 2.43. The number of phenolic OH excluding ortho intramolecular Hbond substituents is 1. The van der Waals surface area contributed by atoms with E-state index in [1.807, 2.05) is 30.3 Å². The molecular weight excluding hydrogens is 364 g/mol. The van der Waals surface area contributed by atoms with Gasteiger partial charge in [-0.3, -0.25) is 0 Å². The summed E-state index contributed by atoms with van der Waals surface area (Å²) in [6.45, 7) is 2.36. The minimum atomic E-state index is -3.91. The predicted octanol–water partition coefficient (Wildman–Crippen LogP) is 3.21. The normalized spacial score (nSPS) is 11.8. The first kappa shape index (κ1) is 20.5. The molecule has 2 N–H and O–H groups in total. The van der Waals surface area contributed by atoms with Gasteiger partial charge in [0.15, 0.2) is 16.4 Å². The lowest BCUT2D eigenvalue weighted by Gasteiger charge is -2.08. The van der Waals surface area contributed by atoms with E-state index in [1.165, 1.54) is 24.3 Å². The average molecular weight is 386 g/mol. The van der Waals surface area contributed by atoms with E-state index in [2.05, 4.69) is 4.72 Å². The molecule has 2 aromatic carbocycles. The van der Waals surface area contributed by atoms with Crippen molar-refractivity contribution in [3.05, 3.63) is 64.6 Å². The summed E-state index contributed by atoms with van der Waals surface area (Å²) in [5.74, 6) is 0.186. The number of nitrogens with one attached hydrogen (secondary N) is 1. The van der Waals surface area contributed by atoms with Gasteiger partial charge in [0.25, 0.3) is 10.0 Å². The van der Waals surface area contributed by atoms with E-state index >= 15 is 0 Å². The SMILES string of the molecule is CCOc1cc(/C=C(\C#N)S(=O)(=O)NCCCc2ccccc2)ccc1O. The first-order valence-electron chi connectivity index (χ1n) is 8.57. The molecule has 0 aromatic heterocycles. The van der Waals surface area contributed by atoms with Crippen molar-refractivity contribution in [2.75, 3.05) is 13.2 Å². The Morgan fingerprint density at radius 3 is 2.67 bits per heavy atom. The summed E-state index contributed by atoms with van der Waals surface area (Å²) in [7, 11) is -3.91. The minimum Gasteiger partial charge on any atom is -0.504 e. The van der Waals surface area contributed by atoms with Crippen molar-refractivity contribution in [2.24, 2.45) is 0 Å². The molecule has 27 heavy (non-hydrogen) atoms. The maximum absolute atomic E-state index is 12.4. The minimum absolute atomic E-state index is 0.0469. The molecule has 0 atom stereocenters. The van der Waals surface area contributed by atoms with Gasteiger partial charge in [0, 0.05) is 6.54 Å². The third-order valence-corrected chi connectivity index (χ3v) is 5.13. The fourth-order valence-corrected chi connectivity index (χ4v) is 3.41. The highest BCUT2D eigenvalue weighted by atomic mass is 32.2. The first-order valence-corrected chi connectivity index (χ1v) is 10.1. The number of sulfonamides is 1. The summed E-state index contributed by atoms with van der Waals surface area (Å²) >= 11 is 0. The van der Waals surface area contributed by atoms with E-state index < -0.39 is 14.9 Å². The van der Waals surface area contributed by atoms with Crippen LogP contribution in [-0.2, 0) is 16.4 Å². The van der Waals surface area contributed by atoms with Crippen LogP contribution in [0.2, 0.25) is 0 Å². The van der Waals surface area contributed by atoms with Gasteiger partial charge in [0.1, 0.15) is 6.07 Å². The van der Waals surface area contributed by atoms with Crippen molar-refractivity contribution >= 4 is 16.1 Å². The number of allylic oxidation sites excluding steroid dienone is 1.